The number of benzene rings is 2. The molecule has 0 atom stereocenters. The van der Waals surface area contributed by atoms with Gasteiger partial charge in [-0.2, -0.15) is 0 Å². The zero-order valence-corrected chi connectivity index (χ0v) is 12.2. The lowest BCUT2D eigenvalue weighted by molar-refractivity contribution is -0.384. The Balaban J connectivity index is 2.09. The summed E-state index contributed by atoms with van der Waals surface area (Å²) in [6.07, 6.45) is 0. The third-order valence-corrected chi connectivity index (χ3v) is 3.71. The van der Waals surface area contributed by atoms with Gasteiger partial charge in [0, 0.05) is 17.7 Å². The Morgan fingerprint density at radius 1 is 1.09 bits per heavy atom. The molecule has 0 aliphatic rings. The number of nitrogens with zero attached hydrogens (tertiary/aromatic N) is 5. The van der Waals surface area contributed by atoms with Gasteiger partial charge in [0.15, 0.2) is 11.5 Å². The molecule has 4 rings (SSSR count). The van der Waals surface area contributed by atoms with Crippen molar-refractivity contribution in [3.8, 4) is 11.4 Å². The fraction of sp³-hybridized carbons (Fsp3) is 0.0625. The van der Waals surface area contributed by atoms with Crippen molar-refractivity contribution in [3.63, 3.8) is 0 Å². The molecule has 0 N–H and O–H groups in total. The Kier molecular flexibility index (Phi) is 2.80. The third kappa shape index (κ3) is 2.02. The Labute approximate surface area is 130 Å². The predicted molar refractivity (Wildman–Crippen MR) is 85.1 cm³/mol. The highest BCUT2D eigenvalue weighted by Gasteiger charge is 2.16. The number of para-hydroxylation sites is 2. The molecule has 0 saturated heterocycles. The lowest BCUT2D eigenvalue weighted by Crippen LogP contribution is -1.97. The van der Waals surface area contributed by atoms with Crippen molar-refractivity contribution >= 4 is 22.4 Å². The first-order chi connectivity index (χ1) is 11.1. The van der Waals surface area contributed by atoms with Gasteiger partial charge in [-0.1, -0.05) is 24.3 Å². The Hall–Kier alpha value is -3.35. The van der Waals surface area contributed by atoms with E-state index >= 15 is 0 Å². The summed E-state index contributed by atoms with van der Waals surface area (Å²) >= 11 is 0. The molecule has 2 heterocycles. The zero-order chi connectivity index (χ0) is 16.0. The minimum atomic E-state index is -0.419. The number of aryl methyl sites for hydroxylation is 1. The molecule has 112 valence electrons. The van der Waals surface area contributed by atoms with Crippen molar-refractivity contribution in [2.24, 2.45) is 0 Å². The maximum atomic E-state index is 11.0. The second-order valence-corrected chi connectivity index (χ2v) is 5.18. The quantitative estimate of drug-likeness (QED) is 0.419. The van der Waals surface area contributed by atoms with E-state index in [1.807, 2.05) is 35.6 Å². The monoisotopic (exact) mass is 305 g/mol. The molecule has 0 aliphatic heterocycles. The van der Waals surface area contributed by atoms with Crippen LogP contribution < -0.4 is 0 Å². The topological polar surface area (TPSA) is 86.2 Å². The van der Waals surface area contributed by atoms with Crippen LogP contribution >= 0.6 is 0 Å². The lowest BCUT2D eigenvalue weighted by atomic mass is 10.2. The minimum Gasteiger partial charge on any atom is -0.272 e. The normalized spacial score (nSPS) is 11.2. The van der Waals surface area contributed by atoms with E-state index in [4.69, 9.17) is 0 Å². The Morgan fingerprint density at radius 3 is 2.74 bits per heavy atom. The van der Waals surface area contributed by atoms with Gasteiger partial charge in [-0.05, 0) is 19.1 Å². The SMILES string of the molecule is Cc1nc2ccccc2n2c(-c3cccc([N+](=O)[O-])c3)nnc12. The molecule has 4 aromatic rings. The van der Waals surface area contributed by atoms with Gasteiger partial charge in [0.1, 0.15) is 0 Å². The van der Waals surface area contributed by atoms with E-state index in [0.717, 1.165) is 16.7 Å². The standard InChI is InChI=1S/C16H11N5O2/c1-10-15-18-19-16(11-5-4-6-12(9-11)21(22)23)20(15)14-8-3-2-7-13(14)17-10/h2-9H,1H3. The van der Waals surface area contributed by atoms with Crippen LogP contribution in [-0.2, 0) is 0 Å². The van der Waals surface area contributed by atoms with Gasteiger partial charge >= 0.3 is 0 Å². The molecular formula is C16H11N5O2. The number of rotatable bonds is 2. The molecule has 0 spiro atoms. The summed E-state index contributed by atoms with van der Waals surface area (Å²) in [5, 5.41) is 19.4. The van der Waals surface area contributed by atoms with Crippen LogP contribution in [-0.4, -0.2) is 24.5 Å². The highest BCUT2D eigenvalue weighted by molar-refractivity contribution is 5.81. The van der Waals surface area contributed by atoms with Crippen LogP contribution in [0.15, 0.2) is 48.5 Å². The first kappa shape index (κ1) is 13.3. The van der Waals surface area contributed by atoms with Crippen molar-refractivity contribution < 1.29 is 4.92 Å². The molecule has 7 heteroatoms. The Morgan fingerprint density at radius 2 is 1.91 bits per heavy atom. The van der Waals surface area contributed by atoms with Crippen molar-refractivity contribution in [2.45, 2.75) is 6.92 Å². The van der Waals surface area contributed by atoms with Crippen molar-refractivity contribution in [1.82, 2.24) is 19.6 Å². The van der Waals surface area contributed by atoms with Gasteiger partial charge < -0.3 is 0 Å². The average Bonchev–Trinajstić information content (AvgIpc) is 3.01. The summed E-state index contributed by atoms with van der Waals surface area (Å²) in [4.78, 5) is 15.1. The summed E-state index contributed by atoms with van der Waals surface area (Å²) in [6.45, 7) is 1.87. The molecule has 23 heavy (non-hydrogen) atoms. The minimum absolute atomic E-state index is 0.0225. The summed E-state index contributed by atoms with van der Waals surface area (Å²) in [7, 11) is 0. The van der Waals surface area contributed by atoms with Gasteiger partial charge in [-0.15, -0.1) is 10.2 Å². The molecule has 2 aromatic heterocycles. The number of nitro benzene ring substituents is 1. The van der Waals surface area contributed by atoms with Crippen LogP contribution in [0.4, 0.5) is 5.69 Å². The number of non-ortho nitro benzene ring substituents is 1. The fourth-order valence-corrected chi connectivity index (χ4v) is 2.67. The summed E-state index contributed by atoms with van der Waals surface area (Å²) in [5.41, 5.74) is 3.75. The maximum absolute atomic E-state index is 11.0. The van der Waals surface area contributed by atoms with E-state index in [1.165, 1.54) is 12.1 Å². The smallest absolute Gasteiger partial charge is 0.270 e. The molecule has 7 nitrogen and oxygen atoms in total. The summed E-state index contributed by atoms with van der Waals surface area (Å²) in [6, 6.07) is 14.1. The van der Waals surface area contributed by atoms with Gasteiger partial charge in [-0.3, -0.25) is 14.5 Å². The van der Waals surface area contributed by atoms with Crippen LogP contribution in [0.25, 0.3) is 28.1 Å². The number of hydrogen-bond donors (Lipinski definition) is 0. The molecule has 0 unspecified atom stereocenters. The molecule has 0 bridgehead atoms. The van der Waals surface area contributed by atoms with Crippen LogP contribution in [0.2, 0.25) is 0 Å². The van der Waals surface area contributed by atoms with Crippen LogP contribution in [0.1, 0.15) is 5.69 Å². The number of nitro groups is 1. The molecule has 0 aliphatic carbocycles. The fourth-order valence-electron chi connectivity index (χ4n) is 2.67. The van der Waals surface area contributed by atoms with E-state index in [0.29, 0.717) is 17.0 Å². The van der Waals surface area contributed by atoms with Gasteiger partial charge in [0.25, 0.3) is 5.69 Å². The van der Waals surface area contributed by atoms with E-state index < -0.39 is 4.92 Å². The first-order valence-corrected chi connectivity index (χ1v) is 7.00. The van der Waals surface area contributed by atoms with E-state index in [2.05, 4.69) is 15.2 Å². The highest BCUT2D eigenvalue weighted by Crippen LogP contribution is 2.26. The van der Waals surface area contributed by atoms with E-state index in [1.54, 1.807) is 12.1 Å². The lowest BCUT2D eigenvalue weighted by Gasteiger charge is -2.06. The van der Waals surface area contributed by atoms with Crippen molar-refractivity contribution in [3.05, 3.63) is 64.3 Å². The number of hydrogen-bond acceptors (Lipinski definition) is 5. The first-order valence-electron chi connectivity index (χ1n) is 7.00. The Bertz CT molecular complexity index is 1070. The van der Waals surface area contributed by atoms with Crippen LogP contribution in [0, 0.1) is 17.0 Å². The summed E-state index contributed by atoms with van der Waals surface area (Å²) in [5.74, 6) is 0.561. The second-order valence-electron chi connectivity index (χ2n) is 5.18. The average molecular weight is 305 g/mol. The molecule has 0 amide bonds. The van der Waals surface area contributed by atoms with Crippen molar-refractivity contribution in [2.75, 3.05) is 0 Å². The predicted octanol–water partition coefficient (Wildman–Crippen LogP) is 3.16. The maximum Gasteiger partial charge on any atom is 0.270 e. The van der Waals surface area contributed by atoms with E-state index in [9.17, 15) is 10.1 Å². The number of fused-ring (bicyclic) bond motifs is 3. The molecule has 0 saturated carbocycles. The number of aromatic nitrogens is 4. The third-order valence-electron chi connectivity index (χ3n) is 3.71. The van der Waals surface area contributed by atoms with Crippen molar-refractivity contribution in [1.29, 1.82) is 0 Å². The van der Waals surface area contributed by atoms with Crippen LogP contribution in [0.3, 0.4) is 0 Å². The van der Waals surface area contributed by atoms with Gasteiger partial charge in [0.2, 0.25) is 0 Å². The zero-order valence-electron chi connectivity index (χ0n) is 12.2. The molecule has 0 fully saturated rings. The molecule has 0 radical (unpaired) electrons. The highest BCUT2D eigenvalue weighted by atomic mass is 16.6. The molecule has 2 aromatic carbocycles. The molecular weight excluding hydrogens is 294 g/mol. The van der Waals surface area contributed by atoms with E-state index in [-0.39, 0.29) is 5.69 Å². The van der Waals surface area contributed by atoms with Gasteiger partial charge in [-0.25, -0.2) is 4.98 Å². The summed E-state index contributed by atoms with van der Waals surface area (Å²) < 4.78 is 1.89. The largest absolute Gasteiger partial charge is 0.272 e. The van der Waals surface area contributed by atoms with Gasteiger partial charge in [0.05, 0.1) is 21.7 Å². The second kappa shape index (κ2) is 4.84. The van der Waals surface area contributed by atoms with Crippen LogP contribution in [0.5, 0.6) is 0 Å².